The maximum absolute atomic E-state index is 9.96. The van der Waals surface area contributed by atoms with Crippen molar-refractivity contribution in [1.29, 1.82) is 0 Å². The number of nitrogens with one attached hydrogen (secondary N) is 1. The maximum Gasteiger partial charge on any atom is 0.0914 e. The van der Waals surface area contributed by atoms with Gasteiger partial charge < -0.3 is 20.3 Å². The Bertz CT molecular complexity index is 356. The molecule has 0 spiro atoms. The molecule has 0 aliphatic rings. The average Bonchev–Trinajstić information content (AvgIpc) is 2.47. The van der Waals surface area contributed by atoms with Crippen LogP contribution in [0.4, 0.5) is 0 Å². The summed E-state index contributed by atoms with van der Waals surface area (Å²) in [6, 6.07) is 9.50. The Kier molecular flexibility index (Phi) is 9.26. The van der Waals surface area contributed by atoms with E-state index in [2.05, 4.69) is 19.2 Å². The molecule has 2 unspecified atom stereocenters. The zero-order chi connectivity index (χ0) is 15.5. The number of aliphatic hydroxyl groups excluding tert-OH is 2. The van der Waals surface area contributed by atoms with E-state index < -0.39 is 12.2 Å². The zero-order valence-electron chi connectivity index (χ0n) is 13.2. The van der Waals surface area contributed by atoms with Crippen molar-refractivity contribution < 1.29 is 14.9 Å². The van der Waals surface area contributed by atoms with Crippen molar-refractivity contribution in [3.63, 3.8) is 0 Å². The van der Waals surface area contributed by atoms with E-state index in [4.69, 9.17) is 4.74 Å². The van der Waals surface area contributed by atoms with Gasteiger partial charge in [-0.2, -0.15) is 0 Å². The second kappa shape index (κ2) is 10.7. The van der Waals surface area contributed by atoms with Crippen molar-refractivity contribution in [3.05, 3.63) is 35.9 Å². The minimum absolute atomic E-state index is 0.340. The minimum Gasteiger partial charge on any atom is -0.389 e. The Hall–Kier alpha value is -0.940. The predicted octanol–water partition coefficient (Wildman–Crippen LogP) is 2.12. The fourth-order valence-corrected chi connectivity index (χ4v) is 2.05. The van der Waals surface area contributed by atoms with E-state index in [1.807, 2.05) is 30.3 Å². The van der Waals surface area contributed by atoms with Gasteiger partial charge in [-0.1, -0.05) is 44.2 Å². The third-order valence-electron chi connectivity index (χ3n) is 3.28. The number of rotatable bonds is 11. The van der Waals surface area contributed by atoms with Crippen molar-refractivity contribution in [1.82, 2.24) is 5.32 Å². The Balaban J connectivity index is 2.04. The van der Waals surface area contributed by atoms with Gasteiger partial charge in [-0.3, -0.25) is 0 Å². The molecule has 0 aromatic heterocycles. The molecule has 1 rings (SSSR count). The Morgan fingerprint density at radius 2 is 1.81 bits per heavy atom. The number of hydrogen-bond acceptors (Lipinski definition) is 4. The van der Waals surface area contributed by atoms with Gasteiger partial charge in [-0.05, 0) is 24.3 Å². The third-order valence-corrected chi connectivity index (χ3v) is 3.28. The summed E-state index contributed by atoms with van der Waals surface area (Å²) in [5.41, 5.74) is 0.879. The van der Waals surface area contributed by atoms with Gasteiger partial charge >= 0.3 is 0 Å². The molecule has 0 bridgehead atoms. The van der Waals surface area contributed by atoms with E-state index in [0.29, 0.717) is 32.2 Å². The number of benzene rings is 1. The lowest BCUT2D eigenvalue weighted by Crippen LogP contribution is -2.33. The normalized spacial score (nSPS) is 14.3. The maximum atomic E-state index is 9.96. The lowest BCUT2D eigenvalue weighted by Gasteiger charge is -2.15. The van der Waals surface area contributed by atoms with E-state index in [0.717, 1.165) is 18.4 Å². The molecule has 1 aromatic carbocycles. The van der Waals surface area contributed by atoms with Crippen LogP contribution in [0.25, 0.3) is 0 Å². The molecule has 120 valence electrons. The Morgan fingerprint density at radius 3 is 2.48 bits per heavy atom. The first-order valence-corrected chi connectivity index (χ1v) is 7.79. The molecular weight excluding hydrogens is 266 g/mol. The zero-order valence-corrected chi connectivity index (χ0v) is 13.2. The summed E-state index contributed by atoms with van der Waals surface area (Å²) >= 11 is 0. The average molecular weight is 295 g/mol. The third kappa shape index (κ3) is 8.83. The Labute approximate surface area is 128 Å². The molecule has 4 nitrogen and oxygen atoms in total. The molecule has 4 heteroatoms. The highest BCUT2D eigenvalue weighted by Gasteiger charge is 2.08. The monoisotopic (exact) mass is 295 g/mol. The van der Waals surface area contributed by atoms with Gasteiger partial charge in [-0.25, -0.2) is 0 Å². The molecule has 3 N–H and O–H groups in total. The van der Waals surface area contributed by atoms with Crippen molar-refractivity contribution in [2.45, 2.75) is 38.9 Å². The first kappa shape index (κ1) is 18.1. The number of ether oxygens (including phenoxy) is 1. The standard InChI is InChI=1S/C17H29NO3/c1-14(2)7-6-10-21-13-16(19)11-18-12-17(20)15-8-4-3-5-9-15/h3-5,8-9,14,16-20H,6-7,10-13H2,1-2H3. The van der Waals surface area contributed by atoms with E-state index in [1.165, 1.54) is 0 Å². The van der Waals surface area contributed by atoms with Crippen LogP contribution < -0.4 is 5.32 Å². The van der Waals surface area contributed by atoms with Crippen LogP contribution >= 0.6 is 0 Å². The van der Waals surface area contributed by atoms with Gasteiger partial charge in [0.25, 0.3) is 0 Å². The van der Waals surface area contributed by atoms with Gasteiger partial charge in [-0.15, -0.1) is 0 Å². The Morgan fingerprint density at radius 1 is 1.10 bits per heavy atom. The van der Waals surface area contributed by atoms with Crippen molar-refractivity contribution in [2.24, 2.45) is 5.92 Å². The van der Waals surface area contributed by atoms with E-state index >= 15 is 0 Å². The molecular formula is C17H29NO3. The molecule has 0 radical (unpaired) electrons. The van der Waals surface area contributed by atoms with Gasteiger partial charge in [0.05, 0.1) is 18.8 Å². The van der Waals surface area contributed by atoms with Crippen LogP contribution in [-0.2, 0) is 4.74 Å². The van der Waals surface area contributed by atoms with Gasteiger partial charge in [0, 0.05) is 19.7 Å². The molecule has 0 saturated carbocycles. The summed E-state index contributed by atoms with van der Waals surface area (Å²) < 4.78 is 5.44. The second-order valence-corrected chi connectivity index (χ2v) is 5.85. The van der Waals surface area contributed by atoms with Gasteiger partial charge in [0.2, 0.25) is 0 Å². The molecule has 1 aromatic rings. The molecule has 21 heavy (non-hydrogen) atoms. The summed E-state index contributed by atoms with van der Waals surface area (Å²) in [5, 5.41) is 22.8. The van der Waals surface area contributed by atoms with Crippen LogP contribution in [0.2, 0.25) is 0 Å². The van der Waals surface area contributed by atoms with Crippen molar-refractivity contribution in [3.8, 4) is 0 Å². The van der Waals surface area contributed by atoms with Crippen LogP contribution in [0, 0.1) is 5.92 Å². The highest BCUT2D eigenvalue weighted by Crippen LogP contribution is 2.10. The van der Waals surface area contributed by atoms with E-state index in [1.54, 1.807) is 0 Å². The largest absolute Gasteiger partial charge is 0.389 e. The highest BCUT2D eigenvalue weighted by molar-refractivity contribution is 5.17. The molecule has 0 fully saturated rings. The minimum atomic E-state index is -0.551. The summed E-state index contributed by atoms with van der Waals surface area (Å²) in [4.78, 5) is 0. The van der Waals surface area contributed by atoms with Crippen LogP contribution in [0.5, 0.6) is 0 Å². The summed E-state index contributed by atoms with van der Waals surface area (Å²) in [6.45, 7) is 6.27. The lowest BCUT2D eigenvalue weighted by molar-refractivity contribution is 0.0331. The van der Waals surface area contributed by atoms with E-state index in [9.17, 15) is 10.2 Å². The van der Waals surface area contributed by atoms with Crippen molar-refractivity contribution in [2.75, 3.05) is 26.3 Å². The van der Waals surface area contributed by atoms with Crippen LogP contribution in [0.15, 0.2) is 30.3 Å². The van der Waals surface area contributed by atoms with Crippen LogP contribution in [0.1, 0.15) is 38.4 Å². The number of aliphatic hydroxyl groups is 2. The van der Waals surface area contributed by atoms with Gasteiger partial charge in [0.15, 0.2) is 0 Å². The topological polar surface area (TPSA) is 61.7 Å². The van der Waals surface area contributed by atoms with Crippen LogP contribution in [-0.4, -0.2) is 42.6 Å². The number of hydrogen-bond donors (Lipinski definition) is 3. The smallest absolute Gasteiger partial charge is 0.0914 e. The molecule has 0 heterocycles. The summed E-state index contributed by atoms with van der Waals surface area (Å²) in [6.07, 6.45) is 1.10. The molecule has 0 aliphatic heterocycles. The van der Waals surface area contributed by atoms with Crippen molar-refractivity contribution >= 4 is 0 Å². The molecule has 0 aliphatic carbocycles. The van der Waals surface area contributed by atoms with Gasteiger partial charge in [0.1, 0.15) is 0 Å². The van der Waals surface area contributed by atoms with E-state index in [-0.39, 0.29) is 0 Å². The second-order valence-electron chi connectivity index (χ2n) is 5.85. The quantitative estimate of drug-likeness (QED) is 0.547. The molecule has 2 atom stereocenters. The first-order valence-electron chi connectivity index (χ1n) is 7.79. The molecule has 0 saturated heterocycles. The first-order chi connectivity index (χ1) is 10.1. The fourth-order valence-electron chi connectivity index (χ4n) is 2.05. The summed E-state index contributed by atoms with van der Waals surface area (Å²) in [5.74, 6) is 0.694. The lowest BCUT2D eigenvalue weighted by atomic mass is 10.1. The highest BCUT2D eigenvalue weighted by atomic mass is 16.5. The van der Waals surface area contributed by atoms with Crippen LogP contribution in [0.3, 0.4) is 0 Å². The SMILES string of the molecule is CC(C)CCCOCC(O)CNCC(O)c1ccccc1. The summed E-state index contributed by atoms with van der Waals surface area (Å²) in [7, 11) is 0. The fraction of sp³-hybridized carbons (Fsp3) is 0.647. The predicted molar refractivity (Wildman–Crippen MR) is 85.2 cm³/mol. The molecule has 0 amide bonds.